The highest BCUT2D eigenvalue weighted by Gasteiger charge is 2.47. The van der Waals surface area contributed by atoms with Crippen molar-refractivity contribution < 1.29 is 20.1 Å². The SMILES string of the molecule is C=CCSC(O)[C@H]1O[C@@H](n2cnc3c(N)nc(I)nc32)[C@H](O)[C@@H]1O. The molecule has 24 heavy (non-hydrogen) atoms. The maximum atomic E-state index is 10.3. The van der Waals surface area contributed by atoms with E-state index < -0.39 is 30.0 Å². The van der Waals surface area contributed by atoms with E-state index in [-0.39, 0.29) is 5.82 Å². The topological polar surface area (TPSA) is 140 Å². The summed E-state index contributed by atoms with van der Waals surface area (Å²) in [7, 11) is 0. The summed E-state index contributed by atoms with van der Waals surface area (Å²) in [5, 5.41) is 30.7. The van der Waals surface area contributed by atoms with Crippen LogP contribution in [-0.4, -0.2) is 64.3 Å². The molecule has 0 bridgehead atoms. The third-order valence-electron chi connectivity index (χ3n) is 3.64. The predicted octanol–water partition coefficient (Wildman–Crippen LogP) is -0.130. The van der Waals surface area contributed by atoms with Gasteiger partial charge in [0.1, 0.15) is 29.3 Å². The Labute approximate surface area is 155 Å². The Kier molecular flexibility index (Phi) is 5.27. The van der Waals surface area contributed by atoms with Crippen molar-refractivity contribution in [3.63, 3.8) is 0 Å². The number of fused-ring (bicyclic) bond motifs is 1. The number of hydrogen-bond donors (Lipinski definition) is 4. The van der Waals surface area contributed by atoms with Crippen molar-refractivity contribution in [2.75, 3.05) is 11.5 Å². The molecule has 11 heteroatoms. The molecule has 0 amide bonds. The van der Waals surface area contributed by atoms with Crippen LogP contribution in [0.1, 0.15) is 6.23 Å². The van der Waals surface area contributed by atoms with Gasteiger partial charge in [0.2, 0.25) is 0 Å². The number of rotatable bonds is 5. The zero-order valence-corrected chi connectivity index (χ0v) is 15.3. The Hall–Kier alpha value is -0.990. The molecule has 2 aromatic heterocycles. The first kappa shape index (κ1) is 17.8. The van der Waals surface area contributed by atoms with E-state index >= 15 is 0 Å². The van der Waals surface area contributed by atoms with Gasteiger partial charge in [-0.1, -0.05) is 6.08 Å². The molecule has 0 aliphatic carbocycles. The zero-order valence-electron chi connectivity index (χ0n) is 12.4. The molecule has 3 heterocycles. The highest BCUT2D eigenvalue weighted by atomic mass is 127. The van der Waals surface area contributed by atoms with E-state index in [4.69, 9.17) is 10.5 Å². The number of aliphatic hydroxyl groups is 3. The molecule has 9 nitrogen and oxygen atoms in total. The van der Waals surface area contributed by atoms with Crippen LogP contribution < -0.4 is 5.73 Å². The van der Waals surface area contributed by atoms with Crippen LogP contribution in [0.4, 0.5) is 5.82 Å². The van der Waals surface area contributed by atoms with Crippen molar-refractivity contribution in [3.05, 3.63) is 22.8 Å². The van der Waals surface area contributed by atoms with Crippen molar-refractivity contribution in [1.29, 1.82) is 0 Å². The van der Waals surface area contributed by atoms with E-state index in [0.29, 0.717) is 20.7 Å². The largest absolute Gasteiger partial charge is 0.387 e. The molecule has 1 unspecified atom stereocenters. The van der Waals surface area contributed by atoms with Gasteiger partial charge >= 0.3 is 0 Å². The van der Waals surface area contributed by atoms with Crippen LogP contribution in [0.15, 0.2) is 19.0 Å². The Bertz CT molecular complexity index is 759. The molecule has 0 spiro atoms. The van der Waals surface area contributed by atoms with Crippen LogP contribution in [0.5, 0.6) is 0 Å². The van der Waals surface area contributed by atoms with Crippen molar-refractivity contribution >= 4 is 51.3 Å². The Morgan fingerprint density at radius 3 is 2.92 bits per heavy atom. The number of nitrogen functional groups attached to an aromatic ring is 1. The fourth-order valence-electron chi connectivity index (χ4n) is 2.51. The molecule has 0 radical (unpaired) electrons. The summed E-state index contributed by atoms with van der Waals surface area (Å²) < 4.78 is 7.59. The van der Waals surface area contributed by atoms with E-state index in [1.807, 2.05) is 22.6 Å². The van der Waals surface area contributed by atoms with Crippen LogP contribution in [0.25, 0.3) is 11.2 Å². The summed E-state index contributed by atoms with van der Waals surface area (Å²) in [6.45, 7) is 3.58. The maximum absolute atomic E-state index is 10.3. The van der Waals surface area contributed by atoms with E-state index in [1.165, 1.54) is 10.9 Å². The van der Waals surface area contributed by atoms with Gasteiger partial charge in [-0.05, 0) is 0 Å². The van der Waals surface area contributed by atoms with Crippen molar-refractivity contribution in [2.45, 2.75) is 30.0 Å². The quantitative estimate of drug-likeness (QED) is 0.206. The minimum atomic E-state index is -1.25. The zero-order chi connectivity index (χ0) is 17.4. The standard InChI is InChI=1S/C13H16IN5O4S/c1-2-3-24-12(22)8-6(20)7(21)11(23-8)19-4-16-5-9(15)17-13(14)18-10(5)19/h2,4,6-8,11-12,20-22H,1,3H2,(H2,15,17,18)/t6-,7+,8-,11+,12?/m0/s1. The van der Waals surface area contributed by atoms with Gasteiger partial charge in [0.25, 0.3) is 0 Å². The molecule has 5 N–H and O–H groups in total. The molecule has 1 fully saturated rings. The van der Waals surface area contributed by atoms with Crippen molar-refractivity contribution in [2.24, 2.45) is 0 Å². The summed E-state index contributed by atoms with van der Waals surface area (Å²) >= 11 is 3.08. The number of aliphatic hydroxyl groups excluding tert-OH is 3. The lowest BCUT2D eigenvalue weighted by Crippen LogP contribution is -2.37. The van der Waals surface area contributed by atoms with E-state index in [0.717, 1.165) is 11.8 Å². The van der Waals surface area contributed by atoms with Crippen LogP contribution in [0.2, 0.25) is 0 Å². The maximum Gasteiger partial charge on any atom is 0.194 e. The summed E-state index contributed by atoms with van der Waals surface area (Å²) in [6.07, 6.45) is -1.35. The summed E-state index contributed by atoms with van der Waals surface area (Å²) in [6, 6.07) is 0. The number of thioether (sulfide) groups is 1. The molecule has 1 aliphatic heterocycles. The number of halogens is 1. The first-order chi connectivity index (χ1) is 11.4. The Morgan fingerprint density at radius 2 is 2.21 bits per heavy atom. The van der Waals surface area contributed by atoms with E-state index in [2.05, 4.69) is 21.5 Å². The smallest absolute Gasteiger partial charge is 0.194 e. The van der Waals surface area contributed by atoms with Crippen LogP contribution in [-0.2, 0) is 4.74 Å². The van der Waals surface area contributed by atoms with Gasteiger partial charge in [-0.2, -0.15) is 0 Å². The van der Waals surface area contributed by atoms with Gasteiger partial charge < -0.3 is 25.8 Å². The van der Waals surface area contributed by atoms with Gasteiger partial charge in [-0.3, -0.25) is 4.57 Å². The second kappa shape index (κ2) is 7.09. The van der Waals surface area contributed by atoms with Gasteiger partial charge in [-0.25, -0.2) is 15.0 Å². The Morgan fingerprint density at radius 1 is 1.46 bits per heavy atom. The highest BCUT2D eigenvalue weighted by molar-refractivity contribution is 14.1. The van der Waals surface area contributed by atoms with Crippen LogP contribution >= 0.6 is 34.4 Å². The van der Waals surface area contributed by atoms with Gasteiger partial charge in [0.15, 0.2) is 21.5 Å². The second-order valence-electron chi connectivity index (χ2n) is 5.19. The third kappa shape index (κ3) is 3.11. The minimum absolute atomic E-state index is 0.217. The van der Waals surface area contributed by atoms with E-state index in [1.54, 1.807) is 6.08 Å². The molecule has 0 saturated carbocycles. The van der Waals surface area contributed by atoms with Gasteiger partial charge in [0, 0.05) is 28.3 Å². The molecule has 0 aromatic carbocycles. The second-order valence-corrected chi connectivity index (χ2v) is 7.30. The van der Waals surface area contributed by atoms with Crippen molar-refractivity contribution in [3.8, 4) is 0 Å². The van der Waals surface area contributed by atoms with Crippen LogP contribution in [0, 0.1) is 3.83 Å². The minimum Gasteiger partial charge on any atom is -0.387 e. The lowest BCUT2D eigenvalue weighted by Gasteiger charge is -2.20. The molecule has 1 saturated heterocycles. The number of nitrogens with two attached hydrogens (primary N) is 1. The number of ether oxygens (including phenoxy) is 1. The molecule has 1 aliphatic rings. The number of anilines is 1. The molecule has 130 valence electrons. The first-order valence-corrected chi connectivity index (χ1v) is 9.14. The lowest BCUT2D eigenvalue weighted by molar-refractivity contribution is -0.0594. The fraction of sp³-hybridized carbons (Fsp3) is 0.462. The summed E-state index contributed by atoms with van der Waals surface area (Å²) in [5.41, 5.74) is 5.58. The predicted molar refractivity (Wildman–Crippen MR) is 97.0 cm³/mol. The monoisotopic (exact) mass is 465 g/mol. The molecule has 2 aromatic rings. The fourth-order valence-corrected chi connectivity index (χ4v) is 3.75. The highest BCUT2D eigenvalue weighted by Crippen LogP contribution is 2.35. The van der Waals surface area contributed by atoms with Gasteiger partial charge in [0.05, 0.1) is 6.33 Å². The first-order valence-electron chi connectivity index (χ1n) is 7.01. The normalized spacial score (nSPS) is 28.3. The third-order valence-corrected chi connectivity index (χ3v) is 5.16. The van der Waals surface area contributed by atoms with Gasteiger partial charge in [-0.15, -0.1) is 18.3 Å². The van der Waals surface area contributed by atoms with Crippen LogP contribution in [0.3, 0.4) is 0 Å². The molecular weight excluding hydrogens is 449 g/mol. The Balaban J connectivity index is 1.91. The average molecular weight is 465 g/mol. The number of aromatic nitrogens is 4. The summed E-state index contributed by atoms with van der Waals surface area (Å²) in [5.74, 6) is 0.707. The molecule has 3 rings (SSSR count). The lowest BCUT2D eigenvalue weighted by atomic mass is 10.1. The number of imidazole rings is 1. The van der Waals surface area contributed by atoms with Crippen molar-refractivity contribution in [1.82, 2.24) is 19.5 Å². The molecular formula is C13H16IN5O4S. The number of nitrogens with zero attached hydrogens (tertiary/aromatic N) is 4. The molecule has 5 atom stereocenters. The number of hydrogen-bond acceptors (Lipinski definition) is 9. The average Bonchev–Trinajstić information content (AvgIpc) is 3.07. The summed E-state index contributed by atoms with van der Waals surface area (Å²) in [4.78, 5) is 12.4. The van der Waals surface area contributed by atoms with E-state index in [9.17, 15) is 15.3 Å².